The quantitative estimate of drug-likeness (QED) is 0.562. The normalized spacial score (nSPS) is 10.8. The summed E-state index contributed by atoms with van der Waals surface area (Å²) in [6, 6.07) is 14.7. The van der Waals surface area contributed by atoms with Crippen LogP contribution in [0.4, 0.5) is 5.82 Å². The molecular weight excluding hydrogens is 322 g/mol. The molecule has 0 radical (unpaired) electrons. The number of amides is 1. The van der Waals surface area contributed by atoms with Gasteiger partial charge in [0.25, 0.3) is 5.91 Å². The maximum Gasteiger partial charge on any atom is 0.259 e. The molecule has 0 atom stereocenters. The van der Waals surface area contributed by atoms with Gasteiger partial charge in [-0.1, -0.05) is 6.07 Å². The summed E-state index contributed by atoms with van der Waals surface area (Å²) in [5.74, 6) is 1.16. The van der Waals surface area contributed by atoms with E-state index >= 15 is 0 Å². The lowest BCUT2D eigenvalue weighted by Crippen LogP contribution is -2.31. The molecule has 0 bridgehead atoms. The molecule has 24 heavy (non-hydrogen) atoms. The lowest BCUT2D eigenvalue weighted by molar-refractivity contribution is 0.0982. The Bertz CT molecular complexity index is 964. The molecule has 0 saturated heterocycles. The smallest absolute Gasteiger partial charge is 0.259 e. The zero-order valence-corrected chi connectivity index (χ0v) is 13.4. The molecule has 0 spiro atoms. The Morgan fingerprint density at radius 1 is 1.12 bits per heavy atom. The van der Waals surface area contributed by atoms with Crippen LogP contribution in [0.5, 0.6) is 0 Å². The second kappa shape index (κ2) is 6.25. The SMILES string of the molecule is O=C(c1ccc2ncsc2c1)N(Cc1ccco1)c1ccccn1. The van der Waals surface area contributed by atoms with Gasteiger partial charge in [0.15, 0.2) is 0 Å². The molecule has 0 aliphatic heterocycles. The number of fused-ring (bicyclic) bond motifs is 1. The Kier molecular flexibility index (Phi) is 3.80. The standard InChI is InChI=1S/C18H13N3O2S/c22-18(13-6-7-15-16(10-13)24-12-20-15)21(11-14-4-3-9-23-14)17-5-1-2-8-19-17/h1-10,12H,11H2. The number of aromatic nitrogens is 2. The Balaban J connectivity index is 1.72. The zero-order valence-electron chi connectivity index (χ0n) is 12.6. The Morgan fingerprint density at radius 2 is 2.08 bits per heavy atom. The summed E-state index contributed by atoms with van der Waals surface area (Å²) in [5.41, 5.74) is 3.27. The summed E-state index contributed by atoms with van der Waals surface area (Å²) in [5, 5.41) is 0. The molecule has 1 aromatic carbocycles. The van der Waals surface area contributed by atoms with Gasteiger partial charge in [0, 0.05) is 11.8 Å². The number of carbonyl (C=O) groups is 1. The second-order valence-electron chi connectivity index (χ2n) is 5.19. The van der Waals surface area contributed by atoms with Crippen molar-refractivity contribution in [1.82, 2.24) is 9.97 Å². The van der Waals surface area contributed by atoms with Crippen LogP contribution in [0.15, 0.2) is 70.9 Å². The summed E-state index contributed by atoms with van der Waals surface area (Å²) in [6.45, 7) is 0.323. The van der Waals surface area contributed by atoms with E-state index in [1.807, 2.05) is 36.4 Å². The van der Waals surface area contributed by atoms with Gasteiger partial charge in [-0.05, 0) is 42.5 Å². The molecule has 0 saturated carbocycles. The first-order valence-corrected chi connectivity index (χ1v) is 8.28. The number of furan rings is 1. The Labute approximate surface area is 142 Å². The summed E-state index contributed by atoms with van der Waals surface area (Å²) < 4.78 is 6.39. The van der Waals surface area contributed by atoms with Crippen molar-refractivity contribution in [2.24, 2.45) is 0 Å². The number of benzene rings is 1. The van der Waals surface area contributed by atoms with Gasteiger partial charge >= 0.3 is 0 Å². The van der Waals surface area contributed by atoms with Gasteiger partial charge in [-0.15, -0.1) is 11.3 Å². The topological polar surface area (TPSA) is 59.2 Å². The maximum atomic E-state index is 13.1. The highest BCUT2D eigenvalue weighted by atomic mass is 32.1. The van der Waals surface area contributed by atoms with Crippen molar-refractivity contribution in [3.05, 3.63) is 77.8 Å². The van der Waals surface area contributed by atoms with Crippen LogP contribution in [0.3, 0.4) is 0 Å². The number of thiazole rings is 1. The molecule has 3 heterocycles. The molecule has 4 aromatic rings. The Morgan fingerprint density at radius 3 is 2.88 bits per heavy atom. The third kappa shape index (κ3) is 2.79. The summed E-state index contributed by atoms with van der Waals surface area (Å²) in [4.78, 5) is 23.2. The van der Waals surface area contributed by atoms with Crippen LogP contribution in [0, 0.1) is 0 Å². The van der Waals surface area contributed by atoms with Crippen molar-refractivity contribution < 1.29 is 9.21 Å². The molecule has 0 aliphatic carbocycles. The van der Waals surface area contributed by atoms with E-state index in [2.05, 4.69) is 9.97 Å². The first-order valence-electron chi connectivity index (χ1n) is 7.40. The van der Waals surface area contributed by atoms with Crippen LogP contribution in [-0.2, 0) is 6.54 Å². The molecular formula is C18H13N3O2S. The van der Waals surface area contributed by atoms with Crippen LogP contribution in [0.25, 0.3) is 10.2 Å². The highest BCUT2D eigenvalue weighted by Gasteiger charge is 2.20. The lowest BCUT2D eigenvalue weighted by atomic mass is 10.2. The first-order chi connectivity index (χ1) is 11.8. The number of pyridine rings is 1. The number of carbonyl (C=O) groups excluding carboxylic acids is 1. The van der Waals surface area contributed by atoms with Crippen LogP contribution in [0.1, 0.15) is 16.1 Å². The van der Waals surface area contributed by atoms with Gasteiger partial charge in [-0.2, -0.15) is 0 Å². The highest BCUT2D eigenvalue weighted by molar-refractivity contribution is 7.16. The summed E-state index contributed by atoms with van der Waals surface area (Å²) in [6.07, 6.45) is 3.27. The van der Waals surface area contributed by atoms with Crippen LogP contribution in [0.2, 0.25) is 0 Å². The maximum absolute atomic E-state index is 13.1. The number of anilines is 1. The number of hydrogen-bond acceptors (Lipinski definition) is 5. The predicted molar refractivity (Wildman–Crippen MR) is 93.1 cm³/mol. The fourth-order valence-electron chi connectivity index (χ4n) is 2.47. The van der Waals surface area contributed by atoms with E-state index in [1.165, 1.54) is 11.3 Å². The molecule has 118 valence electrons. The van der Waals surface area contributed by atoms with Crippen molar-refractivity contribution in [3.63, 3.8) is 0 Å². The zero-order chi connectivity index (χ0) is 16.4. The van der Waals surface area contributed by atoms with E-state index in [4.69, 9.17) is 4.42 Å². The molecule has 0 aliphatic rings. The fraction of sp³-hybridized carbons (Fsp3) is 0.0556. The second-order valence-corrected chi connectivity index (χ2v) is 6.08. The highest BCUT2D eigenvalue weighted by Crippen LogP contribution is 2.23. The predicted octanol–water partition coefficient (Wildman–Crippen LogP) is 4.13. The first kappa shape index (κ1) is 14.6. The number of hydrogen-bond donors (Lipinski definition) is 0. The monoisotopic (exact) mass is 335 g/mol. The van der Waals surface area contributed by atoms with Crippen molar-refractivity contribution in [2.75, 3.05) is 4.90 Å². The van der Waals surface area contributed by atoms with Crippen molar-refractivity contribution in [3.8, 4) is 0 Å². The molecule has 0 fully saturated rings. The molecule has 5 nitrogen and oxygen atoms in total. The summed E-state index contributed by atoms with van der Waals surface area (Å²) >= 11 is 1.52. The van der Waals surface area contributed by atoms with Gasteiger partial charge in [-0.25, -0.2) is 9.97 Å². The molecule has 1 amide bonds. The minimum Gasteiger partial charge on any atom is -0.467 e. The molecule has 3 aromatic heterocycles. The van der Waals surface area contributed by atoms with Gasteiger partial charge in [0.1, 0.15) is 11.6 Å². The number of nitrogens with zero attached hydrogens (tertiary/aromatic N) is 3. The van der Waals surface area contributed by atoms with E-state index in [0.29, 0.717) is 23.7 Å². The summed E-state index contributed by atoms with van der Waals surface area (Å²) in [7, 11) is 0. The minimum atomic E-state index is -0.125. The molecule has 6 heteroatoms. The van der Waals surface area contributed by atoms with Crippen LogP contribution in [-0.4, -0.2) is 15.9 Å². The average Bonchev–Trinajstić information content (AvgIpc) is 3.30. The van der Waals surface area contributed by atoms with Crippen molar-refractivity contribution in [2.45, 2.75) is 6.54 Å². The van der Waals surface area contributed by atoms with Gasteiger partial charge in [0.05, 0.1) is 28.5 Å². The molecule has 0 N–H and O–H groups in total. The van der Waals surface area contributed by atoms with Gasteiger partial charge < -0.3 is 4.42 Å². The van der Waals surface area contributed by atoms with Crippen molar-refractivity contribution in [1.29, 1.82) is 0 Å². The fourth-order valence-corrected chi connectivity index (χ4v) is 3.19. The number of rotatable bonds is 4. The van der Waals surface area contributed by atoms with E-state index in [1.54, 1.807) is 35.0 Å². The molecule has 4 rings (SSSR count). The van der Waals surface area contributed by atoms with Gasteiger partial charge in [0.2, 0.25) is 0 Å². The van der Waals surface area contributed by atoms with E-state index < -0.39 is 0 Å². The van der Waals surface area contributed by atoms with Crippen LogP contribution >= 0.6 is 11.3 Å². The largest absolute Gasteiger partial charge is 0.467 e. The van der Waals surface area contributed by atoms with Crippen LogP contribution < -0.4 is 4.90 Å². The van der Waals surface area contributed by atoms with Crippen molar-refractivity contribution >= 4 is 33.3 Å². The average molecular weight is 335 g/mol. The third-order valence-corrected chi connectivity index (χ3v) is 4.43. The van der Waals surface area contributed by atoms with E-state index in [-0.39, 0.29) is 5.91 Å². The van der Waals surface area contributed by atoms with E-state index in [0.717, 1.165) is 10.2 Å². The lowest BCUT2D eigenvalue weighted by Gasteiger charge is -2.20. The Hall–Kier alpha value is -2.99. The van der Waals surface area contributed by atoms with E-state index in [9.17, 15) is 4.79 Å². The third-order valence-electron chi connectivity index (χ3n) is 3.64. The molecule has 0 unspecified atom stereocenters. The van der Waals surface area contributed by atoms with Gasteiger partial charge in [-0.3, -0.25) is 9.69 Å². The minimum absolute atomic E-state index is 0.125.